The van der Waals surface area contributed by atoms with Crippen molar-refractivity contribution >= 4 is 34.8 Å². The fourth-order valence-electron chi connectivity index (χ4n) is 1.37. The van der Waals surface area contributed by atoms with Crippen molar-refractivity contribution in [1.82, 2.24) is 10.2 Å². The zero-order chi connectivity index (χ0) is 12.3. The number of benzene rings is 1. The highest BCUT2D eigenvalue weighted by Gasteiger charge is 2.13. The van der Waals surface area contributed by atoms with Gasteiger partial charge in [0.05, 0.1) is 5.56 Å². The van der Waals surface area contributed by atoms with Crippen molar-refractivity contribution in [3.63, 3.8) is 0 Å². The molecule has 0 spiro atoms. The second-order valence-electron chi connectivity index (χ2n) is 3.18. The Bertz CT molecular complexity index is 528. The summed E-state index contributed by atoms with van der Waals surface area (Å²) >= 11 is 2.87. The van der Waals surface area contributed by atoms with E-state index in [1.165, 1.54) is 23.1 Å². The summed E-state index contributed by atoms with van der Waals surface area (Å²) in [6, 6.07) is 5.09. The smallest absolute Gasteiger partial charge is 0.338 e. The summed E-state index contributed by atoms with van der Waals surface area (Å²) in [6.07, 6.45) is 0. The van der Waals surface area contributed by atoms with E-state index in [-0.39, 0.29) is 11.3 Å². The Hall–Kier alpha value is -1.60. The largest absolute Gasteiger partial charge is 0.478 e. The van der Waals surface area contributed by atoms with E-state index in [1.54, 1.807) is 23.7 Å². The molecule has 0 saturated carbocycles. The van der Waals surface area contributed by atoms with E-state index < -0.39 is 5.97 Å². The lowest BCUT2D eigenvalue weighted by atomic mass is 10.1. The molecule has 1 heterocycles. The summed E-state index contributed by atoms with van der Waals surface area (Å²) in [5.74, 6) is -0.488. The molecule has 0 fully saturated rings. The molecule has 0 aliphatic rings. The van der Waals surface area contributed by atoms with Gasteiger partial charge in [0.15, 0.2) is 4.34 Å². The first-order valence-electron chi connectivity index (χ1n) is 4.68. The van der Waals surface area contributed by atoms with Crippen molar-refractivity contribution in [2.75, 3.05) is 5.73 Å². The van der Waals surface area contributed by atoms with Gasteiger partial charge in [-0.25, -0.2) is 4.79 Å². The molecule has 0 radical (unpaired) electrons. The number of aromatic nitrogens is 2. The first-order chi connectivity index (χ1) is 8.18. The van der Waals surface area contributed by atoms with Gasteiger partial charge < -0.3 is 10.8 Å². The van der Waals surface area contributed by atoms with E-state index in [0.717, 1.165) is 4.34 Å². The maximum absolute atomic E-state index is 11.1. The predicted molar refractivity (Wildman–Crippen MR) is 67.3 cm³/mol. The van der Waals surface area contributed by atoms with Crippen LogP contribution in [0.3, 0.4) is 0 Å². The Kier molecular flexibility index (Phi) is 3.60. The average Bonchev–Trinajstić information content (AvgIpc) is 2.78. The molecular formula is C10H9N3O2S2. The van der Waals surface area contributed by atoms with Crippen LogP contribution in [0.15, 0.2) is 28.0 Å². The number of anilines is 1. The lowest BCUT2D eigenvalue weighted by molar-refractivity contribution is 0.0697. The molecule has 0 bridgehead atoms. The molecule has 0 atom stereocenters. The predicted octanol–water partition coefficient (Wildman–Crippen LogP) is 2.11. The first-order valence-corrected chi connectivity index (χ1v) is 6.54. The van der Waals surface area contributed by atoms with Crippen LogP contribution in [0.5, 0.6) is 0 Å². The summed E-state index contributed by atoms with van der Waals surface area (Å²) in [5, 5.41) is 16.7. The number of thioether (sulfide) groups is 1. The number of nitrogens with two attached hydrogens (primary N) is 1. The highest BCUT2D eigenvalue weighted by Crippen LogP contribution is 2.27. The van der Waals surface area contributed by atoms with E-state index >= 15 is 0 Å². The van der Waals surface area contributed by atoms with Crippen LogP contribution in [-0.2, 0) is 5.75 Å². The monoisotopic (exact) mass is 267 g/mol. The minimum atomic E-state index is -1.00. The van der Waals surface area contributed by atoms with Crippen LogP contribution in [-0.4, -0.2) is 21.3 Å². The highest BCUT2D eigenvalue weighted by atomic mass is 32.2. The van der Waals surface area contributed by atoms with Gasteiger partial charge in [-0.3, -0.25) is 0 Å². The van der Waals surface area contributed by atoms with Crippen molar-refractivity contribution in [1.29, 1.82) is 0 Å². The zero-order valence-corrected chi connectivity index (χ0v) is 10.3. The number of nitrogens with zero attached hydrogens (tertiary/aromatic N) is 2. The molecule has 0 saturated heterocycles. The molecule has 88 valence electrons. The van der Waals surface area contributed by atoms with Crippen LogP contribution in [0.2, 0.25) is 0 Å². The topological polar surface area (TPSA) is 89.1 Å². The second kappa shape index (κ2) is 5.15. The van der Waals surface area contributed by atoms with Crippen molar-refractivity contribution in [3.05, 3.63) is 34.8 Å². The molecule has 3 N–H and O–H groups in total. The molecule has 5 nitrogen and oxygen atoms in total. The number of carbonyl (C=O) groups is 1. The molecule has 1 aromatic heterocycles. The van der Waals surface area contributed by atoms with Crippen LogP contribution < -0.4 is 5.73 Å². The standard InChI is InChI=1S/C10H9N3O2S2/c11-7-3-1-2-6(8(7)9(14)15)4-16-10-13-12-5-17-10/h1-3,5H,4,11H2,(H,14,15). The Morgan fingerprint density at radius 3 is 3.00 bits per heavy atom. The van der Waals surface area contributed by atoms with Crippen LogP contribution in [0, 0.1) is 0 Å². The van der Waals surface area contributed by atoms with Crippen LogP contribution in [0.25, 0.3) is 0 Å². The van der Waals surface area contributed by atoms with Crippen molar-refractivity contribution in [2.24, 2.45) is 0 Å². The quantitative estimate of drug-likeness (QED) is 0.651. The Labute approximate surface area is 106 Å². The van der Waals surface area contributed by atoms with Gasteiger partial charge in [-0.2, -0.15) is 0 Å². The maximum Gasteiger partial charge on any atom is 0.338 e. The van der Waals surface area contributed by atoms with Gasteiger partial charge >= 0.3 is 5.97 Å². The molecule has 1 aromatic carbocycles. The van der Waals surface area contributed by atoms with Gasteiger partial charge in [0.1, 0.15) is 5.51 Å². The molecule has 0 amide bonds. The van der Waals surface area contributed by atoms with E-state index in [4.69, 9.17) is 10.8 Å². The molecule has 7 heteroatoms. The number of hydrogen-bond acceptors (Lipinski definition) is 6. The Morgan fingerprint density at radius 2 is 2.35 bits per heavy atom. The van der Waals surface area contributed by atoms with Gasteiger partial charge in [0, 0.05) is 11.4 Å². The molecule has 17 heavy (non-hydrogen) atoms. The van der Waals surface area contributed by atoms with Crippen molar-refractivity contribution in [2.45, 2.75) is 10.1 Å². The van der Waals surface area contributed by atoms with Crippen LogP contribution >= 0.6 is 23.1 Å². The molecule has 0 unspecified atom stereocenters. The average molecular weight is 267 g/mol. The van der Waals surface area contributed by atoms with E-state index in [2.05, 4.69) is 10.2 Å². The number of nitrogen functional groups attached to an aromatic ring is 1. The molecule has 0 aliphatic carbocycles. The maximum atomic E-state index is 11.1. The number of hydrogen-bond donors (Lipinski definition) is 2. The number of carboxylic acid groups (broad SMARTS) is 1. The number of carboxylic acids is 1. The third-order valence-electron chi connectivity index (χ3n) is 2.09. The van der Waals surface area contributed by atoms with Gasteiger partial charge in [-0.15, -0.1) is 10.2 Å². The van der Waals surface area contributed by atoms with Crippen molar-refractivity contribution < 1.29 is 9.90 Å². The summed E-state index contributed by atoms with van der Waals surface area (Å²) in [7, 11) is 0. The SMILES string of the molecule is Nc1cccc(CSc2nncs2)c1C(=O)O. The van der Waals surface area contributed by atoms with Gasteiger partial charge in [-0.1, -0.05) is 35.2 Å². The van der Waals surface area contributed by atoms with Gasteiger partial charge in [-0.05, 0) is 11.6 Å². The van der Waals surface area contributed by atoms with E-state index in [1.807, 2.05) is 0 Å². The second-order valence-corrected chi connectivity index (χ2v) is 5.24. The van der Waals surface area contributed by atoms with Crippen molar-refractivity contribution in [3.8, 4) is 0 Å². The van der Waals surface area contributed by atoms with Gasteiger partial charge in [0.2, 0.25) is 0 Å². The zero-order valence-electron chi connectivity index (χ0n) is 8.66. The summed E-state index contributed by atoms with van der Waals surface area (Å²) < 4.78 is 0.809. The minimum Gasteiger partial charge on any atom is -0.478 e. The molecule has 2 rings (SSSR count). The summed E-state index contributed by atoms with van der Waals surface area (Å²) in [4.78, 5) is 11.1. The lowest BCUT2D eigenvalue weighted by Crippen LogP contribution is -2.06. The minimum absolute atomic E-state index is 0.171. The fraction of sp³-hybridized carbons (Fsp3) is 0.100. The summed E-state index contributed by atoms with van der Waals surface area (Å²) in [6.45, 7) is 0. The first kappa shape index (κ1) is 11.9. The Morgan fingerprint density at radius 1 is 1.53 bits per heavy atom. The third kappa shape index (κ3) is 2.75. The van der Waals surface area contributed by atoms with Crippen LogP contribution in [0.1, 0.15) is 15.9 Å². The number of aromatic carboxylic acids is 1. The van der Waals surface area contributed by atoms with E-state index in [9.17, 15) is 4.79 Å². The lowest BCUT2D eigenvalue weighted by Gasteiger charge is -2.07. The van der Waals surface area contributed by atoms with Gasteiger partial charge in [0.25, 0.3) is 0 Å². The molecule has 2 aromatic rings. The number of rotatable bonds is 4. The summed E-state index contributed by atoms with van der Waals surface area (Å²) in [5.41, 5.74) is 8.44. The Balaban J connectivity index is 2.21. The molecule has 0 aliphatic heterocycles. The normalized spacial score (nSPS) is 10.4. The third-order valence-corrected chi connectivity index (χ3v) is 4.00. The van der Waals surface area contributed by atoms with Crippen LogP contribution in [0.4, 0.5) is 5.69 Å². The fourth-order valence-corrected chi connectivity index (χ4v) is 2.85. The highest BCUT2D eigenvalue weighted by molar-refractivity contribution is 8.00. The molecular weight excluding hydrogens is 258 g/mol. The van der Waals surface area contributed by atoms with E-state index in [0.29, 0.717) is 11.3 Å².